The van der Waals surface area contributed by atoms with Crippen molar-refractivity contribution in [2.75, 3.05) is 13.2 Å². The highest BCUT2D eigenvalue weighted by Crippen LogP contribution is 2.15. The average molecular weight is 467 g/mol. The first-order valence-electron chi connectivity index (χ1n) is 13.0. The summed E-state index contributed by atoms with van der Waals surface area (Å²) in [6.07, 6.45) is 9.44. The number of carbonyl (C=O) groups is 2. The molecule has 194 valence electrons. The Hall–Kier alpha value is -1.58. The smallest absolute Gasteiger partial charge is 0.308 e. The van der Waals surface area contributed by atoms with E-state index < -0.39 is 0 Å². The van der Waals surface area contributed by atoms with Crippen LogP contribution in [0.2, 0.25) is 0 Å². The summed E-state index contributed by atoms with van der Waals surface area (Å²) in [5.41, 5.74) is 2.50. The minimum atomic E-state index is -0.0888. The molecule has 2 atom stereocenters. The molecular formula is C29H54O4. The Kier molecular flexibility index (Phi) is 21.4. The predicted molar refractivity (Wildman–Crippen MR) is 141 cm³/mol. The van der Waals surface area contributed by atoms with Crippen LogP contribution >= 0.6 is 0 Å². The quantitative estimate of drug-likeness (QED) is 0.160. The minimum absolute atomic E-state index is 0.0151. The lowest BCUT2D eigenvalue weighted by atomic mass is 9.99. The predicted octanol–water partition coefficient (Wildman–Crippen LogP) is 8.31. The van der Waals surface area contributed by atoms with Gasteiger partial charge in [0.05, 0.1) is 19.1 Å². The van der Waals surface area contributed by atoms with Crippen molar-refractivity contribution in [3.8, 4) is 0 Å². The van der Waals surface area contributed by atoms with E-state index in [4.69, 9.17) is 9.47 Å². The molecular weight excluding hydrogens is 412 g/mol. The van der Waals surface area contributed by atoms with Gasteiger partial charge in [0, 0.05) is 6.42 Å². The van der Waals surface area contributed by atoms with Crippen molar-refractivity contribution in [3.05, 3.63) is 24.3 Å². The third kappa shape index (κ3) is 26.6. The maximum atomic E-state index is 11.3. The fraction of sp³-hybridized carbons (Fsp3) is 0.793. The maximum Gasteiger partial charge on any atom is 0.308 e. The molecule has 0 heterocycles. The zero-order valence-corrected chi connectivity index (χ0v) is 23.1. The van der Waals surface area contributed by atoms with Gasteiger partial charge in [-0.2, -0.15) is 0 Å². The van der Waals surface area contributed by atoms with E-state index >= 15 is 0 Å². The number of allylic oxidation sites excluding steroid dienone is 2. The molecule has 2 unspecified atom stereocenters. The first kappa shape index (κ1) is 33.6. The van der Waals surface area contributed by atoms with Gasteiger partial charge in [0.25, 0.3) is 0 Å². The summed E-state index contributed by atoms with van der Waals surface area (Å²) < 4.78 is 10.3. The number of esters is 2. The molecule has 0 N–H and O–H groups in total. The van der Waals surface area contributed by atoms with Crippen molar-refractivity contribution in [2.45, 2.75) is 113 Å². The van der Waals surface area contributed by atoms with E-state index in [1.165, 1.54) is 36.8 Å². The summed E-state index contributed by atoms with van der Waals surface area (Å²) in [4.78, 5) is 22.5. The van der Waals surface area contributed by atoms with Crippen LogP contribution in [-0.2, 0) is 19.1 Å². The van der Waals surface area contributed by atoms with Crippen LogP contribution in [0.25, 0.3) is 0 Å². The normalized spacial score (nSPS) is 12.5. The molecule has 0 radical (unpaired) electrons. The van der Waals surface area contributed by atoms with Gasteiger partial charge in [0.15, 0.2) is 0 Å². The number of carbonyl (C=O) groups excluding carboxylic acids is 2. The van der Waals surface area contributed by atoms with Crippen LogP contribution < -0.4 is 0 Å². The second kappa shape index (κ2) is 21.0. The van der Waals surface area contributed by atoms with E-state index in [0.717, 1.165) is 25.7 Å². The van der Waals surface area contributed by atoms with Crippen LogP contribution in [0, 0.1) is 23.7 Å². The first-order valence-corrected chi connectivity index (χ1v) is 13.0. The lowest BCUT2D eigenvalue weighted by molar-refractivity contribution is -0.147. The van der Waals surface area contributed by atoms with Crippen molar-refractivity contribution in [1.82, 2.24) is 0 Å². The van der Waals surface area contributed by atoms with E-state index in [9.17, 15) is 9.59 Å². The van der Waals surface area contributed by atoms with Gasteiger partial charge in [-0.3, -0.25) is 9.59 Å². The Bertz CT molecular complexity index is 548. The highest BCUT2D eigenvalue weighted by Gasteiger charge is 2.09. The second-order valence-corrected chi connectivity index (χ2v) is 10.6. The van der Waals surface area contributed by atoms with Crippen molar-refractivity contribution < 1.29 is 19.1 Å². The Morgan fingerprint density at radius 2 is 1.12 bits per heavy atom. The summed E-state index contributed by atoms with van der Waals surface area (Å²) >= 11 is 0. The molecule has 4 nitrogen and oxygen atoms in total. The Balaban J connectivity index is 0. The van der Waals surface area contributed by atoms with E-state index in [2.05, 4.69) is 40.9 Å². The third-order valence-corrected chi connectivity index (χ3v) is 5.38. The number of hydrogen-bond acceptors (Lipinski definition) is 4. The summed E-state index contributed by atoms with van der Waals surface area (Å²) in [6.45, 7) is 25.3. The van der Waals surface area contributed by atoms with Gasteiger partial charge >= 0.3 is 11.9 Å². The Morgan fingerprint density at radius 1 is 0.697 bits per heavy atom. The fourth-order valence-corrected chi connectivity index (χ4v) is 3.09. The van der Waals surface area contributed by atoms with Gasteiger partial charge in [0.2, 0.25) is 0 Å². The lowest BCUT2D eigenvalue weighted by Crippen LogP contribution is -2.13. The lowest BCUT2D eigenvalue weighted by Gasteiger charge is -2.12. The van der Waals surface area contributed by atoms with Gasteiger partial charge in [-0.1, -0.05) is 65.5 Å². The molecule has 0 aliphatic heterocycles. The van der Waals surface area contributed by atoms with E-state index in [0.29, 0.717) is 37.4 Å². The van der Waals surface area contributed by atoms with Crippen LogP contribution in [0.4, 0.5) is 0 Å². The molecule has 4 heteroatoms. The SMILES string of the molecule is C=C(C)CCCC(C)CCOC(=O)C(C)C.C=C(C)CCCC(C)CCOC(=O)CC(C)C. The number of ether oxygens (including phenoxy) is 2. The van der Waals surface area contributed by atoms with Crippen molar-refractivity contribution >= 4 is 11.9 Å². The molecule has 0 aromatic heterocycles. The highest BCUT2D eigenvalue weighted by atomic mass is 16.5. The van der Waals surface area contributed by atoms with Crippen LogP contribution in [0.5, 0.6) is 0 Å². The van der Waals surface area contributed by atoms with E-state index in [1.54, 1.807) is 0 Å². The van der Waals surface area contributed by atoms with E-state index in [-0.39, 0.29) is 17.9 Å². The van der Waals surface area contributed by atoms with Crippen LogP contribution in [0.15, 0.2) is 24.3 Å². The van der Waals surface area contributed by atoms with Gasteiger partial charge in [-0.15, -0.1) is 13.2 Å². The molecule has 0 spiro atoms. The summed E-state index contributed by atoms with van der Waals surface area (Å²) in [6, 6.07) is 0. The zero-order valence-electron chi connectivity index (χ0n) is 23.1. The van der Waals surface area contributed by atoms with Gasteiger partial charge in [0.1, 0.15) is 0 Å². The molecule has 0 rings (SSSR count). The van der Waals surface area contributed by atoms with Gasteiger partial charge in [-0.25, -0.2) is 0 Å². The molecule has 0 aliphatic carbocycles. The Labute approximate surface area is 205 Å². The molecule has 0 bridgehead atoms. The van der Waals surface area contributed by atoms with Gasteiger partial charge in [-0.05, 0) is 70.1 Å². The molecule has 33 heavy (non-hydrogen) atoms. The third-order valence-electron chi connectivity index (χ3n) is 5.38. The van der Waals surface area contributed by atoms with Gasteiger partial charge < -0.3 is 9.47 Å². The molecule has 0 aliphatic rings. The topological polar surface area (TPSA) is 52.6 Å². The van der Waals surface area contributed by atoms with E-state index in [1.807, 2.05) is 27.7 Å². The molecule has 0 saturated carbocycles. The fourth-order valence-electron chi connectivity index (χ4n) is 3.09. The van der Waals surface area contributed by atoms with Crippen LogP contribution in [0.1, 0.15) is 113 Å². The highest BCUT2D eigenvalue weighted by molar-refractivity contribution is 5.71. The molecule has 0 amide bonds. The van der Waals surface area contributed by atoms with Crippen molar-refractivity contribution in [3.63, 3.8) is 0 Å². The average Bonchev–Trinajstić information content (AvgIpc) is 2.67. The largest absolute Gasteiger partial charge is 0.466 e. The molecule has 0 aromatic rings. The van der Waals surface area contributed by atoms with Crippen LogP contribution in [0.3, 0.4) is 0 Å². The summed E-state index contributed by atoms with van der Waals surface area (Å²) in [7, 11) is 0. The molecule has 0 aromatic carbocycles. The monoisotopic (exact) mass is 466 g/mol. The molecule has 0 fully saturated rings. The summed E-state index contributed by atoms with van der Waals surface area (Å²) in [5.74, 6) is 1.47. The second-order valence-electron chi connectivity index (χ2n) is 10.6. The standard InChI is InChI=1S/C15H28O2.C14H26O2/c1-12(2)7-6-8-14(5)9-10-17-15(16)11-13(3)4;1-11(2)7-6-8-13(5)9-10-16-14(15)12(3)4/h13-14H,1,6-11H2,2-5H3;12-13H,1,6-10H2,2-5H3. The number of rotatable bonds is 17. The Morgan fingerprint density at radius 3 is 1.48 bits per heavy atom. The van der Waals surface area contributed by atoms with Crippen molar-refractivity contribution in [2.24, 2.45) is 23.7 Å². The number of hydrogen-bond donors (Lipinski definition) is 0. The maximum absolute atomic E-state index is 11.3. The zero-order chi connectivity index (χ0) is 25.8. The van der Waals surface area contributed by atoms with Crippen molar-refractivity contribution in [1.29, 1.82) is 0 Å². The first-order chi connectivity index (χ1) is 15.3. The molecule has 0 saturated heterocycles. The van der Waals surface area contributed by atoms with Crippen LogP contribution in [-0.4, -0.2) is 25.2 Å². The summed E-state index contributed by atoms with van der Waals surface area (Å²) in [5, 5.41) is 0. The minimum Gasteiger partial charge on any atom is -0.466 e.